The van der Waals surface area contributed by atoms with Crippen LogP contribution in [0, 0.1) is 0 Å². The molecule has 1 heterocycles. The maximum atomic E-state index is 6.22. The second-order valence-corrected chi connectivity index (χ2v) is 6.61. The van der Waals surface area contributed by atoms with Gasteiger partial charge in [-0.2, -0.15) is 0 Å². The van der Waals surface area contributed by atoms with Gasteiger partial charge in [0.05, 0.1) is 12.2 Å². The average Bonchev–Trinajstić information content (AvgIpc) is 2.53. The molecule has 0 aromatic rings. The predicted molar refractivity (Wildman–Crippen MR) is 94.0 cm³/mol. The normalized spacial score (nSPS) is 31.4. The molecule has 1 rings (SSSR count). The van der Waals surface area contributed by atoms with Crippen LogP contribution in [0.2, 0.25) is 0 Å². The standard InChI is InChI=1S/C19H38O4/c1-6-9-12-20-17-15(4)23-16(5)18(21-13-10-7-2)19(17)22-14-11-8-3/h15-19H,6-14H2,1-5H3/t15-,16?,17?,18?,19?/m0/s1. The summed E-state index contributed by atoms with van der Waals surface area (Å²) in [4.78, 5) is 0. The molecule has 0 N–H and O–H groups in total. The van der Waals surface area contributed by atoms with Gasteiger partial charge in [0.15, 0.2) is 0 Å². The summed E-state index contributed by atoms with van der Waals surface area (Å²) in [6.45, 7) is 13.0. The molecule has 0 bridgehead atoms. The Kier molecular flexibility index (Phi) is 11.1. The summed E-state index contributed by atoms with van der Waals surface area (Å²) in [5.41, 5.74) is 0. The monoisotopic (exact) mass is 330 g/mol. The van der Waals surface area contributed by atoms with E-state index in [-0.39, 0.29) is 30.5 Å². The Bertz CT molecular complexity index is 263. The van der Waals surface area contributed by atoms with Crippen LogP contribution in [-0.4, -0.2) is 50.3 Å². The molecule has 23 heavy (non-hydrogen) atoms. The van der Waals surface area contributed by atoms with Crippen molar-refractivity contribution in [3.63, 3.8) is 0 Å². The van der Waals surface area contributed by atoms with E-state index in [0.29, 0.717) is 0 Å². The molecule has 4 heteroatoms. The Balaban J connectivity index is 2.71. The second-order valence-electron chi connectivity index (χ2n) is 6.61. The van der Waals surface area contributed by atoms with Crippen LogP contribution in [0.1, 0.15) is 73.1 Å². The van der Waals surface area contributed by atoms with Crippen LogP contribution in [-0.2, 0) is 18.9 Å². The maximum Gasteiger partial charge on any atom is 0.115 e. The Labute approximate surface area is 143 Å². The van der Waals surface area contributed by atoms with Gasteiger partial charge in [-0.15, -0.1) is 0 Å². The fourth-order valence-electron chi connectivity index (χ4n) is 2.96. The summed E-state index contributed by atoms with van der Waals surface area (Å²) in [7, 11) is 0. The van der Waals surface area contributed by atoms with Crippen molar-refractivity contribution in [1.29, 1.82) is 0 Å². The van der Waals surface area contributed by atoms with Crippen LogP contribution < -0.4 is 0 Å². The Morgan fingerprint density at radius 2 is 0.957 bits per heavy atom. The highest BCUT2D eigenvalue weighted by Gasteiger charge is 2.44. The van der Waals surface area contributed by atoms with Gasteiger partial charge in [0.1, 0.15) is 18.3 Å². The second kappa shape index (κ2) is 12.2. The molecule has 0 aromatic heterocycles. The molecule has 1 saturated heterocycles. The largest absolute Gasteiger partial charge is 0.373 e. The smallest absolute Gasteiger partial charge is 0.115 e. The molecular formula is C19H38O4. The number of hydrogen-bond acceptors (Lipinski definition) is 4. The first kappa shape index (κ1) is 20.9. The predicted octanol–water partition coefficient (Wildman–Crippen LogP) is 4.35. The molecule has 4 unspecified atom stereocenters. The third kappa shape index (κ3) is 7.08. The van der Waals surface area contributed by atoms with Gasteiger partial charge in [-0.05, 0) is 33.1 Å². The summed E-state index contributed by atoms with van der Waals surface area (Å²) in [6.07, 6.45) is 6.59. The van der Waals surface area contributed by atoms with Gasteiger partial charge in [-0.3, -0.25) is 0 Å². The SMILES string of the molecule is CCCCOC1C(C)O[C@@H](C)C(OCCCC)C1OCCCC. The highest BCUT2D eigenvalue weighted by molar-refractivity contribution is 4.92. The quantitative estimate of drug-likeness (QED) is 0.499. The Hall–Kier alpha value is -0.160. The van der Waals surface area contributed by atoms with Gasteiger partial charge in [0, 0.05) is 19.8 Å². The third-order valence-corrected chi connectivity index (χ3v) is 4.43. The van der Waals surface area contributed by atoms with Crippen molar-refractivity contribution in [2.24, 2.45) is 0 Å². The van der Waals surface area contributed by atoms with Crippen LogP contribution in [0.3, 0.4) is 0 Å². The lowest BCUT2D eigenvalue weighted by Gasteiger charge is -2.44. The lowest BCUT2D eigenvalue weighted by atomic mass is 9.95. The first-order valence-corrected chi connectivity index (χ1v) is 9.65. The summed E-state index contributed by atoms with van der Waals surface area (Å²) in [6, 6.07) is 0. The van der Waals surface area contributed by atoms with Crippen molar-refractivity contribution >= 4 is 0 Å². The number of rotatable bonds is 12. The van der Waals surface area contributed by atoms with E-state index >= 15 is 0 Å². The zero-order chi connectivity index (χ0) is 17.1. The molecule has 0 amide bonds. The van der Waals surface area contributed by atoms with Gasteiger partial charge in [0.2, 0.25) is 0 Å². The molecule has 138 valence electrons. The highest BCUT2D eigenvalue weighted by Crippen LogP contribution is 2.28. The van der Waals surface area contributed by atoms with Gasteiger partial charge >= 0.3 is 0 Å². The molecule has 0 aliphatic carbocycles. The lowest BCUT2D eigenvalue weighted by Crippen LogP contribution is -2.58. The molecule has 5 atom stereocenters. The van der Waals surface area contributed by atoms with Crippen molar-refractivity contribution < 1.29 is 18.9 Å². The van der Waals surface area contributed by atoms with Crippen LogP contribution in [0.5, 0.6) is 0 Å². The first-order chi connectivity index (χ1) is 11.2. The Morgan fingerprint density at radius 1 is 0.609 bits per heavy atom. The molecule has 0 aromatic carbocycles. The van der Waals surface area contributed by atoms with Crippen molar-refractivity contribution in [3.05, 3.63) is 0 Å². The molecule has 0 spiro atoms. The van der Waals surface area contributed by atoms with Crippen molar-refractivity contribution in [2.45, 2.75) is 104 Å². The molecule has 1 aliphatic rings. The number of unbranched alkanes of at least 4 members (excludes halogenated alkanes) is 3. The van der Waals surface area contributed by atoms with Crippen molar-refractivity contribution in [2.75, 3.05) is 19.8 Å². The summed E-state index contributed by atoms with van der Waals surface area (Å²) in [5, 5.41) is 0. The molecule has 1 aliphatic heterocycles. The van der Waals surface area contributed by atoms with Crippen LogP contribution in [0.15, 0.2) is 0 Å². The first-order valence-electron chi connectivity index (χ1n) is 9.65. The fourth-order valence-corrected chi connectivity index (χ4v) is 2.96. The van der Waals surface area contributed by atoms with E-state index in [1.54, 1.807) is 0 Å². The topological polar surface area (TPSA) is 36.9 Å². The molecule has 0 radical (unpaired) electrons. The van der Waals surface area contributed by atoms with E-state index in [1.165, 1.54) is 0 Å². The van der Waals surface area contributed by atoms with E-state index in [0.717, 1.165) is 58.3 Å². The molecular weight excluding hydrogens is 292 g/mol. The maximum absolute atomic E-state index is 6.22. The van der Waals surface area contributed by atoms with E-state index in [9.17, 15) is 0 Å². The van der Waals surface area contributed by atoms with E-state index < -0.39 is 0 Å². The minimum atomic E-state index is -0.0405. The van der Waals surface area contributed by atoms with Gasteiger partial charge in [-0.25, -0.2) is 0 Å². The highest BCUT2D eigenvalue weighted by atomic mass is 16.6. The molecule has 0 saturated carbocycles. The molecule has 4 nitrogen and oxygen atoms in total. The van der Waals surface area contributed by atoms with E-state index in [2.05, 4.69) is 34.6 Å². The minimum absolute atomic E-state index is 0.0333. The van der Waals surface area contributed by atoms with Gasteiger partial charge < -0.3 is 18.9 Å². The van der Waals surface area contributed by atoms with E-state index in [1.807, 2.05) is 0 Å². The number of hydrogen-bond donors (Lipinski definition) is 0. The van der Waals surface area contributed by atoms with Gasteiger partial charge in [-0.1, -0.05) is 40.0 Å². The summed E-state index contributed by atoms with van der Waals surface area (Å²) in [5.74, 6) is 0. The third-order valence-electron chi connectivity index (χ3n) is 4.43. The fraction of sp³-hybridized carbons (Fsp3) is 1.00. The zero-order valence-corrected chi connectivity index (χ0v) is 15.9. The minimum Gasteiger partial charge on any atom is -0.373 e. The van der Waals surface area contributed by atoms with Crippen molar-refractivity contribution in [1.82, 2.24) is 0 Å². The van der Waals surface area contributed by atoms with Crippen molar-refractivity contribution in [3.8, 4) is 0 Å². The van der Waals surface area contributed by atoms with Crippen LogP contribution in [0.4, 0.5) is 0 Å². The van der Waals surface area contributed by atoms with E-state index in [4.69, 9.17) is 18.9 Å². The van der Waals surface area contributed by atoms with Crippen LogP contribution >= 0.6 is 0 Å². The zero-order valence-electron chi connectivity index (χ0n) is 15.9. The summed E-state index contributed by atoms with van der Waals surface area (Å²) >= 11 is 0. The van der Waals surface area contributed by atoms with Gasteiger partial charge in [0.25, 0.3) is 0 Å². The Morgan fingerprint density at radius 3 is 1.30 bits per heavy atom. The average molecular weight is 331 g/mol. The number of ether oxygens (including phenoxy) is 4. The molecule has 1 fully saturated rings. The lowest BCUT2D eigenvalue weighted by molar-refractivity contribution is -0.250. The summed E-state index contributed by atoms with van der Waals surface area (Å²) < 4.78 is 24.6. The van der Waals surface area contributed by atoms with Crippen LogP contribution in [0.25, 0.3) is 0 Å².